The molecule has 1 atom stereocenters. The van der Waals surface area contributed by atoms with Crippen LogP contribution in [0.25, 0.3) is 10.8 Å². The van der Waals surface area contributed by atoms with Crippen LogP contribution in [-0.4, -0.2) is 46.7 Å². The molecule has 0 saturated heterocycles. The predicted octanol–water partition coefficient (Wildman–Crippen LogP) is 2.74. The number of carbonyl (C=O) groups is 1. The van der Waals surface area contributed by atoms with Gasteiger partial charge in [0.25, 0.3) is 11.8 Å². The number of methoxy groups -OCH3 is 2. The first kappa shape index (κ1) is 23.1. The molecule has 1 amide bonds. The van der Waals surface area contributed by atoms with Gasteiger partial charge in [-0.05, 0) is 18.6 Å². The average Bonchev–Trinajstić information content (AvgIpc) is 2.70. The maximum Gasteiger partial charge on any atom is 0.257 e. The van der Waals surface area contributed by atoms with Crippen molar-refractivity contribution in [2.75, 3.05) is 14.2 Å². The Bertz CT molecular complexity index is 1060. The molecule has 8 nitrogen and oxygen atoms in total. The highest BCUT2D eigenvalue weighted by Gasteiger charge is 2.27. The number of nitrogens with one attached hydrogen (secondary N) is 1. The molecule has 1 heterocycles. The van der Waals surface area contributed by atoms with E-state index in [2.05, 4.69) is 10.3 Å². The number of carbonyl (C=O) groups excluding carboxylic acids is 1. The van der Waals surface area contributed by atoms with Crippen LogP contribution in [0.15, 0.2) is 36.4 Å². The second kappa shape index (κ2) is 9.51. The summed E-state index contributed by atoms with van der Waals surface area (Å²) in [6, 6.07) is 11.0. The van der Waals surface area contributed by atoms with E-state index < -0.39 is 23.8 Å². The van der Waals surface area contributed by atoms with Crippen molar-refractivity contribution in [1.82, 2.24) is 10.3 Å². The minimum Gasteiger partial charge on any atom is -0.503 e. The van der Waals surface area contributed by atoms with Crippen LogP contribution in [0.4, 0.5) is 0 Å². The molecule has 0 spiro atoms. The normalized spacial score (nSPS) is 11.5. The quantitative estimate of drug-likeness (QED) is 0.440. The molecule has 3 aromatic rings. The number of nitrogens with zero attached hydrogens (tertiary/aromatic N) is 1. The van der Waals surface area contributed by atoms with E-state index in [1.54, 1.807) is 6.07 Å². The number of fused-ring (bicyclic) bond motifs is 1. The molecule has 0 aliphatic carbocycles. The fourth-order valence-electron chi connectivity index (χ4n) is 3.22. The molecule has 0 fully saturated rings. The number of rotatable bonds is 6. The van der Waals surface area contributed by atoms with Gasteiger partial charge in [-0.1, -0.05) is 30.3 Å². The highest BCUT2D eigenvalue weighted by molar-refractivity contribution is 6.13. The van der Waals surface area contributed by atoms with Gasteiger partial charge in [-0.15, -0.1) is 12.4 Å². The molecule has 9 heteroatoms. The molecule has 4 N–H and O–H groups in total. The van der Waals surface area contributed by atoms with E-state index in [0.717, 1.165) is 5.56 Å². The molecule has 0 radical (unpaired) electrons. The third-order valence-electron chi connectivity index (χ3n) is 4.45. The highest BCUT2D eigenvalue weighted by atomic mass is 35.5. The maximum atomic E-state index is 12.8. The van der Waals surface area contributed by atoms with Crippen molar-refractivity contribution in [2.45, 2.75) is 19.6 Å². The SMILES string of the molecule is COc1cc2c(Cc3ccccc3)nc(O)c(O)c2c(C(=O)NC(C)O)c1OC.Cl. The molecule has 30 heavy (non-hydrogen) atoms. The fourth-order valence-corrected chi connectivity index (χ4v) is 3.22. The molecule has 2 aromatic carbocycles. The van der Waals surface area contributed by atoms with Crippen molar-refractivity contribution in [3.8, 4) is 23.1 Å². The van der Waals surface area contributed by atoms with Crippen LogP contribution in [0.1, 0.15) is 28.5 Å². The molecular weight excluding hydrogens is 412 g/mol. The first-order valence-electron chi connectivity index (χ1n) is 8.89. The van der Waals surface area contributed by atoms with E-state index in [-0.39, 0.29) is 34.9 Å². The topological polar surface area (TPSA) is 121 Å². The first-order chi connectivity index (χ1) is 13.9. The summed E-state index contributed by atoms with van der Waals surface area (Å²) in [4.78, 5) is 16.9. The number of pyridine rings is 1. The molecule has 160 valence electrons. The summed E-state index contributed by atoms with van der Waals surface area (Å²) in [5.74, 6) is -1.57. The van der Waals surface area contributed by atoms with Gasteiger partial charge in [-0.2, -0.15) is 0 Å². The van der Waals surface area contributed by atoms with Gasteiger partial charge in [0.05, 0.1) is 25.5 Å². The van der Waals surface area contributed by atoms with Gasteiger partial charge in [-0.25, -0.2) is 4.98 Å². The van der Waals surface area contributed by atoms with E-state index in [4.69, 9.17) is 9.47 Å². The summed E-state index contributed by atoms with van der Waals surface area (Å²) >= 11 is 0. The number of hydrogen-bond acceptors (Lipinski definition) is 7. The minimum atomic E-state index is -1.14. The van der Waals surface area contributed by atoms with E-state index in [9.17, 15) is 20.1 Å². The summed E-state index contributed by atoms with van der Waals surface area (Å²) in [5, 5.41) is 33.2. The largest absolute Gasteiger partial charge is 0.503 e. The number of hydrogen-bond donors (Lipinski definition) is 4. The maximum absolute atomic E-state index is 12.8. The molecule has 0 saturated carbocycles. The lowest BCUT2D eigenvalue weighted by atomic mass is 9.97. The van der Waals surface area contributed by atoms with Crippen LogP contribution in [0, 0.1) is 0 Å². The average molecular weight is 435 g/mol. The summed E-state index contributed by atoms with van der Waals surface area (Å²) in [6.07, 6.45) is -0.798. The Balaban J connectivity index is 0.00000320. The lowest BCUT2D eigenvalue weighted by molar-refractivity contribution is 0.0817. The van der Waals surface area contributed by atoms with Crippen molar-refractivity contribution in [3.05, 3.63) is 53.2 Å². The zero-order chi connectivity index (χ0) is 21.1. The Kier molecular flexibility index (Phi) is 7.31. The van der Waals surface area contributed by atoms with Gasteiger partial charge in [0, 0.05) is 17.2 Å². The van der Waals surface area contributed by atoms with E-state index in [1.807, 2.05) is 30.3 Å². The molecular formula is C21H23ClN2O6. The first-order valence-corrected chi connectivity index (χ1v) is 8.89. The molecule has 0 aliphatic rings. The van der Waals surface area contributed by atoms with Gasteiger partial charge < -0.3 is 30.1 Å². The van der Waals surface area contributed by atoms with Crippen molar-refractivity contribution >= 4 is 29.1 Å². The van der Waals surface area contributed by atoms with Crippen LogP contribution in [0.5, 0.6) is 23.1 Å². The summed E-state index contributed by atoms with van der Waals surface area (Å²) < 4.78 is 10.7. The van der Waals surface area contributed by atoms with E-state index in [1.165, 1.54) is 21.1 Å². The Labute approximate surface area is 179 Å². The Hall–Kier alpha value is -3.23. The number of amides is 1. The van der Waals surface area contributed by atoms with Crippen LogP contribution < -0.4 is 14.8 Å². The fraction of sp³-hybridized carbons (Fsp3) is 0.238. The lowest BCUT2D eigenvalue weighted by Crippen LogP contribution is -2.32. The molecule has 1 unspecified atom stereocenters. The van der Waals surface area contributed by atoms with Crippen molar-refractivity contribution in [1.29, 1.82) is 0 Å². The standard InChI is InChI=1S/C21H22N2O6.ClH/c1-11(24)22-20(26)17-16-13(10-15(28-2)19(17)29-3)14(23-21(27)18(16)25)9-12-7-5-4-6-8-12;/h4-8,10-11,24-25H,9H2,1-3H3,(H,22,26)(H,23,27);1H. The number of halogens is 1. The van der Waals surface area contributed by atoms with E-state index in [0.29, 0.717) is 17.5 Å². The molecule has 3 rings (SSSR count). The second-order valence-electron chi connectivity index (χ2n) is 6.45. The van der Waals surface area contributed by atoms with Crippen molar-refractivity contribution < 1.29 is 29.6 Å². The van der Waals surface area contributed by atoms with Crippen LogP contribution in [-0.2, 0) is 6.42 Å². The van der Waals surface area contributed by atoms with Crippen LogP contribution in [0.3, 0.4) is 0 Å². The number of aliphatic hydroxyl groups excluding tert-OH is 1. The van der Waals surface area contributed by atoms with Crippen molar-refractivity contribution in [2.24, 2.45) is 0 Å². The summed E-state index contributed by atoms with van der Waals surface area (Å²) in [7, 11) is 2.77. The zero-order valence-corrected chi connectivity index (χ0v) is 17.5. The summed E-state index contributed by atoms with van der Waals surface area (Å²) in [5.41, 5.74) is 1.29. The van der Waals surface area contributed by atoms with Gasteiger partial charge in [0.15, 0.2) is 17.2 Å². The monoisotopic (exact) mass is 434 g/mol. The minimum absolute atomic E-state index is 0. The smallest absolute Gasteiger partial charge is 0.257 e. The molecule has 0 aliphatic heterocycles. The Morgan fingerprint density at radius 1 is 1.17 bits per heavy atom. The van der Waals surface area contributed by atoms with Gasteiger partial charge in [-0.3, -0.25) is 4.79 Å². The third kappa shape index (κ3) is 4.34. The Morgan fingerprint density at radius 2 is 1.83 bits per heavy atom. The highest BCUT2D eigenvalue weighted by Crippen LogP contribution is 2.44. The predicted molar refractivity (Wildman–Crippen MR) is 114 cm³/mol. The lowest BCUT2D eigenvalue weighted by Gasteiger charge is -2.19. The van der Waals surface area contributed by atoms with Gasteiger partial charge >= 0.3 is 0 Å². The van der Waals surface area contributed by atoms with Crippen LogP contribution >= 0.6 is 12.4 Å². The molecule has 0 bridgehead atoms. The van der Waals surface area contributed by atoms with Gasteiger partial charge in [0.1, 0.15) is 6.23 Å². The Morgan fingerprint density at radius 3 is 2.40 bits per heavy atom. The number of aromatic nitrogens is 1. The van der Waals surface area contributed by atoms with E-state index >= 15 is 0 Å². The number of ether oxygens (including phenoxy) is 2. The molecule has 1 aromatic heterocycles. The number of aliphatic hydroxyl groups is 1. The number of benzene rings is 2. The van der Waals surface area contributed by atoms with Crippen LogP contribution in [0.2, 0.25) is 0 Å². The zero-order valence-electron chi connectivity index (χ0n) is 16.7. The number of aromatic hydroxyl groups is 2. The third-order valence-corrected chi connectivity index (χ3v) is 4.45. The van der Waals surface area contributed by atoms with Crippen molar-refractivity contribution in [3.63, 3.8) is 0 Å². The van der Waals surface area contributed by atoms with Gasteiger partial charge in [0.2, 0.25) is 0 Å². The summed E-state index contributed by atoms with van der Waals surface area (Å²) in [6.45, 7) is 1.38. The second-order valence-corrected chi connectivity index (χ2v) is 6.45.